The molecule has 1 heteroatoms. The van der Waals surface area contributed by atoms with Crippen molar-refractivity contribution >= 4 is 35.3 Å². The molecule has 0 amide bonds. The van der Waals surface area contributed by atoms with Crippen molar-refractivity contribution in [1.82, 2.24) is 0 Å². The molecular weight excluding hydrogens is 263 g/mol. The summed E-state index contributed by atoms with van der Waals surface area (Å²) in [7, 11) is 0. The van der Waals surface area contributed by atoms with Gasteiger partial charge in [-0.1, -0.05) is 89.2 Å². The Morgan fingerprint density at radius 2 is 1.41 bits per heavy atom. The zero-order valence-corrected chi connectivity index (χ0v) is 12.5. The summed E-state index contributed by atoms with van der Waals surface area (Å²) in [5.41, 5.74) is 11.2. The van der Waals surface area contributed by atoms with Crippen LogP contribution in [0.5, 0.6) is 0 Å². The van der Waals surface area contributed by atoms with Gasteiger partial charge in [0.25, 0.3) is 0 Å². The van der Waals surface area contributed by atoms with Crippen molar-refractivity contribution < 1.29 is 0 Å². The van der Waals surface area contributed by atoms with Crippen LogP contribution in [-0.4, -0.2) is 6.71 Å². The Bertz CT molecular complexity index is 950. The van der Waals surface area contributed by atoms with Gasteiger partial charge in [-0.25, -0.2) is 0 Å². The van der Waals surface area contributed by atoms with Crippen LogP contribution in [-0.2, 0) is 0 Å². The highest BCUT2D eigenvalue weighted by atomic mass is 14.2. The fourth-order valence-corrected chi connectivity index (χ4v) is 4.09. The van der Waals surface area contributed by atoms with Crippen LogP contribution in [0.4, 0.5) is 0 Å². The summed E-state index contributed by atoms with van der Waals surface area (Å²) in [6.45, 7) is 2.56. The Labute approximate surface area is 131 Å². The van der Waals surface area contributed by atoms with Crippen LogP contribution in [0.2, 0.25) is 0 Å². The summed E-state index contributed by atoms with van der Waals surface area (Å²) in [6, 6.07) is 22.3. The van der Waals surface area contributed by atoms with E-state index in [2.05, 4.69) is 79.7 Å². The van der Waals surface area contributed by atoms with Gasteiger partial charge in [-0.05, 0) is 34.7 Å². The largest absolute Gasteiger partial charge is 0.244 e. The van der Waals surface area contributed by atoms with E-state index >= 15 is 0 Å². The SMILES string of the molecule is Cc1cc2c3c(c1)-c1ccccc1B3c1ccccc1C=C2. The topological polar surface area (TPSA) is 0 Å². The fraction of sp³-hybridized carbons (Fsp3) is 0.0476. The lowest BCUT2D eigenvalue weighted by Crippen LogP contribution is -2.50. The van der Waals surface area contributed by atoms with Gasteiger partial charge in [0, 0.05) is 0 Å². The van der Waals surface area contributed by atoms with E-state index in [9.17, 15) is 0 Å². The minimum Gasteiger partial charge on any atom is -0.0664 e. The highest BCUT2D eigenvalue weighted by molar-refractivity contribution is 7.00. The summed E-state index contributed by atoms with van der Waals surface area (Å²) in [6.07, 6.45) is 4.56. The van der Waals surface area contributed by atoms with Crippen LogP contribution in [0.25, 0.3) is 23.3 Å². The van der Waals surface area contributed by atoms with E-state index < -0.39 is 0 Å². The molecule has 2 aliphatic rings. The normalized spacial score (nSPS) is 13.4. The molecule has 0 spiro atoms. The van der Waals surface area contributed by atoms with Crippen LogP contribution in [0, 0.1) is 6.92 Å². The van der Waals surface area contributed by atoms with Gasteiger partial charge in [0.15, 0.2) is 0 Å². The number of aryl methyl sites for hydroxylation is 1. The fourth-order valence-electron chi connectivity index (χ4n) is 4.09. The van der Waals surface area contributed by atoms with E-state index in [1.807, 2.05) is 0 Å². The molecule has 0 fully saturated rings. The van der Waals surface area contributed by atoms with E-state index in [0.29, 0.717) is 6.71 Å². The molecule has 22 heavy (non-hydrogen) atoms. The van der Waals surface area contributed by atoms with Crippen molar-refractivity contribution in [2.45, 2.75) is 6.92 Å². The number of benzene rings is 3. The summed E-state index contributed by atoms with van der Waals surface area (Å²) < 4.78 is 0. The Hall–Kier alpha value is -2.54. The first-order valence-electron chi connectivity index (χ1n) is 7.84. The van der Waals surface area contributed by atoms with Crippen LogP contribution in [0.1, 0.15) is 16.7 Å². The average Bonchev–Trinajstić information content (AvgIpc) is 2.77. The number of hydrogen-bond donors (Lipinski definition) is 0. The van der Waals surface area contributed by atoms with Crippen LogP contribution in [0.3, 0.4) is 0 Å². The van der Waals surface area contributed by atoms with E-state index in [0.717, 1.165) is 0 Å². The van der Waals surface area contributed by atoms with E-state index in [-0.39, 0.29) is 0 Å². The minimum atomic E-state index is 0.369. The molecule has 0 radical (unpaired) electrons. The smallest absolute Gasteiger partial charge is 0.0664 e. The number of hydrogen-bond acceptors (Lipinski definition) is 0. The number of fused-ring (bicyclic) bond motifs is 5. The molecule has 0 saturated heterocycles. The molecule has 0 saturated carbocycles. The van der Waals surface area contributed by atoms with E-state index in [1.165, 1.54) is 44.2 Å². The van der Waals surface area contributed by atoms with E-state index in [1.54, 1.807) is 0 Å². The molecule has 102 valence electrons. The van der Waals surface area contributed by atoms with Gasteiger partial charge < -0.3 is 0 Å². The maximum Gasteiger partial charge on any atom is 0.244 e. The Morgan fingerprint density at radius 3 is 2.32 bits per heavy atom. The molecule has 0 bridgehead atoms. The zero-order chi connectivity index (χ0) is 14.7. The first-order chi connectivity index (χ1) is 10.8. The highest BCUT2D eigenvalue weighted by Crippen LogP contribution is 2.28. The van der Waals surface area contributed by atoms with E-state index in [4.69, 9.17) is 0 Å². The average molecular weight is 278 g/mol. The van der Waals surface area contributed by atoms with Crippen molar-refractivity contribution in [3.63, 3.8) is 0 Å². The van der Waals surface area contributed by atoms with Gasteiger partial charge in [0.05, 0.1) is 0 Å². The summed E-state index contributed by atoms with van der Waals surface area (Å²) in [4.78, 5) is 0. The van der Waals surface area contributed by atoms with Crippen molar-refractivity contribution in [3.05, 3.63) is 77.4 Å². The molecule has 2 aliphatic heterocycles. The maximum absolute atomic E-state index is 2.35. The Balaban J connectivity index is 1.96. The van der Waals surface area contributed by atoms with Crippen molar-refractivity contribution in [1.29, 1.82) is 0 Å². The third-order valence-electron chi connectivity index (χ3n) is 4.96. The van der Waals surface area contributed by atoms with Crippen molar-refractivity contribution in [2.75, 3.05) is 0 Å². The van der Waals surface area contributed by atoms with Gasteiger partial charge >= 0.3 is 0 Å². The molecule has 3 aromatic rings. The first kappa shape index (κ1) is 12.1. The van der Waals surface area contributed by atoms with Gasteiger partial charge in [-0.2, -0.15) is 0 Å². The van der Waals surface area contributed by atoms with Gasteiger partial charge in [0.1, 0.15) is 0 Å². The second kappa shape index (κ2) is 4.24. The lowest BCUT2D eigenvalue weighted by molar-refractivity contribution is 1.48. The van der Waals surface area contributed by atoms with Gasteiger partial charge in [0.2, 0.25) is 6.71 Å². The molecule has 0 aromatic heterocycles. The highest BCUT2D eigenvalue weighted by Gasteiger charge is 2.36. The lowest BCUT2D eigenvalue weighted by Gasteiger charge is -2.13. The van der Waals surface area contributed by atoms with Gasteiger partial charge in [-0.15, -0.1) is 0 Å². The summed E-state index contributed by atoms with van der Waals surface area (Å²) >= 11 is 0. The monoisotopic (exact) mass is 278 g/mol. The lowest BCUT2D eigenvalue weighted by atomic mass is 9.38. The Morgan fingerprint density at radius 1 is 0.682 bits per heavy atom. The molecule has 0 atom stereocenters. The molecule has 5 rings (SSSR count). The second-order valence-electron chi connectivity index (χ2n) is 6.30. The molecule has 0 aliphatic carbocycles. The Kier molecular flexibility index (Phi) is 2.32. The molecule has 0 N–H and O–H groups in total. The maximum atomic E-state index is 2.35. The molecule has 2 heterocycles. The molecular formula is C21H15B. The van der Waals surface area contributed by atoms with Gasteiger partial charge in [-0.3, -0.25) is 0 Å². The molecule has 0 unspecified atom stereocenters. The zero-order valence-electron chi connectivity index (χ0n) is 12.5. The van der Waals surface area contributed by atoms with Crippen LogP contribution < -0.4 is 16.4 Å². The molecule has 3 aromatic carbocycles. The molecule has 0 nitrogen and oxygen atoms in total. The quantitative estimate of drug-likeness (QED) is 0.382. The predicted octanol–water partition coefficient (Wildman–Crippen LogP) is 2.98. The second-order valence-corrected chi connectivity index (χ2v) is 6.30. The van der Waals surface area contributed by atoms with Crippen molar-refractivity contribution in [3.8, 4) is 11.1 Å². The third-order valence-corrected chi connectivity index (χ3v) is 4.96. The minimum absolute atomic E-state index is 0.369. The standard InChI is InChI=1S/C21H15B/c1-14-12-16-11-10-15-6-2-4-8-19(15)22-20-9-5-3-7-17(20)18(13-14)21(16)22/h2-13H,1H3. The number of rotatable bonds is 0. The van der Waals surface area contributed by atoms with Crippen molar-refractivity contribution in [2.24, 2.45) is 0 Å². The summed E-state index contributed by atoms with van der Waals surface area (Å²) in [5.74, 6) is 0. The predicted molar refractivity (Wildman–Crippen MR) is 96.6 cm³/mol. The summed E-state index contributed by atoms with van der Waals surface area (Å²) in [5, 5.41) is 0. The van der Waals surface area contributed by atoms with Crippen LogP contribution >= 0.6 is 0 Å². The van der Waals surface area contributed by atoms with Crippen LogP contribution in [0.15, 0.2) is 60.7 Å². The third kappa shape index (κ3) is 1.49. The first-order valence-corrected chi connectivity index (χ1v) is 7.84.